The standard InChI is InChI=1S/C21H21ClN2O4/c1-2-14-7-3-5-9-17(14)23-19(25)13-28-21(27)15-11-20(26)24(12-15)18-10-6-4-8-16(18)22/h3-10,15H,2,11-13H2,1H3,(H,23,25)/t15-/m0/s1. The lowest BCUT2D eigenvalue weighted by atomic mass is 10.1. The Kier molecular flexibility index (Phi) is 6.31. The van der Waals surface area contributed by atoms with E-state index in [1.165, 1.54) is 4.90 Å². The van der Waals surface area contributed by atoms with Gasteiger partial charge < -0.3 is 15.0 Å². The lowest BCUT2D eigenvalue weighted by Gasteiger charge is -2.17. The van der Waals surface area contributed by atoms with Crippen LogP contribution in [0.15, 0.2) is 48.5 Å². The number of hydrogen-bond acceptors (Lipinski definition) is 4. The minimum atomic E-state index is -0.625. The third-order valence-electron chi connectivity index (χ3n) is 4.62. The second-order valence-corrected chi connectivity index (χ2v) is 6.93. The van der Waals surface area contributed by atoms with Crippen molar-refractivity contribution < 1.29 is 19.1 Å². The number of amides is 2. The summed E-state index contributed by atoms with van der Waals surface area (Å²) in [7, 11) is 0. The maximum Gasteiger partial charge on any atom is 0.311 e. The number of carbonyl (C=O) groups is 3. The molecule has 0 bridgehead atoms. The van der Waals surface area contributed by atoms with E-state index < -0.39 is 24.4 Å². The van der Waals surface area contributed by atoms with Gasteiger partial charge in [0.05, 0.1) is 16.6 Å². The highest BCUT2D eigenvalue weighted by Gasteiger charge is 2.37. The maximum absolute atomic E-state index is 12.3. The van der Waals surface area contributed by atoms with Crippen LogP contribution in [0.5, 0.6) is 0 Å². The normalized spacial score (nSPS) is 16.1. The fourth-order valence-corrected chi connectivity index (χ4v) is 3.40. The molecule has 0 spiro atoms. The Morgan fingerprint density at radius 1 is 1.18 bits per heavy atom. The first-order valence-corrected chi connectivity index (χ1v) is 9.46. The summed E-state index contributed by atoms with van der Waals surface area (Å²) in [6.07, 6.45) is 0.808. The van der Waals surface area contributed by atoms with Gasteiger partial charge >= 0.3 is 5.97 Å². The molecule has 0 aliphatic carbocycles. The van der Waals surface area contributed by atoms with Crippen LogP contribution in [0.4, 0.5) is 11.4 Å². The van der Waals surface area contributed by atoms with E-state index in [-0.39, 0.29) is 18.9 Å². The van der Waals surface area contributed by atoms with Crippen LogP contribution >= 0.6 is 11.6 Å². The van der Waals surface area contributed by atoms with E-state index >= 15 is 0 Å². The number of nitrogens with zero attached hydrogens (tertiary/aromatic N) is 1. The van der Waals surface area contributed by atoms with Crippen LogP contribution in [-0.2, 0) is 25.5 Å². The number of hydrogen-bond donors (Lipinski definition) is 1. The molecule has 1 aliphatic heterocycles. The molecule has 7 heteroatoms. The van der Waals surface area contributed by atoms with Crippen molar-refractivity contribution in [2.24, 2.45) is 5.92 Å². The number of ether oxygens (including phenoxy) is 1. The Morgan fingerprint density at radius 3 is 2.64 bits per heavy atom. The molecule has 28 heavy (non-hydrogen) atoms. The van der Waals surface area contributed by atoms with Crippen molar-refractivity contribution in [3.8, 4) is 0 Å². The molecular formula is C21H21ClN2O4. The van der Waals surface area contributed by atoms with Crippen molar-refractivity contribution in [1.82, 2.24) is 0 Å². The Labute approximate surface area is 168 Å². The summed E-state index contributed by atoms with van der Waals surface area (Å²) < 4.78 is 5.13. The van der Waals surface area contributed by atoms with Gasteiger partial charge in [0, 0.05) is 18.7 Å². The quantitative estimate of drug-likeness (QED) is 0.753. The molecule has 0 radical (unpaired) electrons. The van der Waals surface area contributed by atoms with Crippen molar-refractivity contribution in [3.05, 3.63) is 59.1 Å². The molecule has 0 saturated carbocycles. The third kappa shape index (κ3) is 4.51. The molecule has 1 atom stereocenters. The van der Waals surface area contributed by atoms with Gasteiger partial charge in [-0.2, -0.15) is 0 Å². The first-order chi connectivity index (χ1) is 13.5. The number of anilines is 2. The third-order valence-corrected chi connectivity index (χ3v) is 4.94. The van der Waals surface area contributed by atoms with Gasteiger partial charge in [0.25, 0.3) is 5.91 Å². The number of benzene rings is 2. The summed E-state index contributed by atoms with van der Waals surface area (Å²) in [5.41, 5.74) is 2.27. The summed E-state index contributed by atoms with van der Waals surface area (Å²) in [5.74, 6) is -1.81. The molecule has 3 rings (SSSR count). The Bertz CT molecular complexity index is 899. The predicted octanol–water partition coefficient (Wildman–Crippen LogP) is 3.44. The highest BCUT2D eigenvalue weighted by molar-refractivity contribution is 6.33. The van der Waals surface area contributed by atoms with E-state index in [1.807, 2.05) is 25.1 Å². The Balaban J connectivity index is 1.55. The number of para-hydroxylation sites is 2. The van der Waals surface area contributed by atoms with Gasteiger partial charge in [-0.25, -0.2) is 0 Å². The first-order valence-electron chi connectivity index (χ1n) is 9.09. The Hall–Kier alpha value is -2.86. The maximum atomic E-state index is 12.3. The van der Waals surface area contributed by atoms with Crippen LogP contribution in [0, 0.1) is 5.92 Å². The molecule has 1 fully saturated rings. The van der Waals surface area contributed by atoms with Crippen LogP contribution < -0.4 is 10.2 Å². The molecule has 0 unspecified atom stereocenters. The van der Waals surface area contributed by atoms with Gasteiger partial charge in [0.15, 0.2) is 6.61 Å². The molecule has 6 nitrogen and oxygen atoms in total. The van der Waals surface area contributed by atoms with Crippen LogP contribution in [0.2, 0.25) is 5.02 Å². The number of halogens is 1. The van der Waals surface area contributed by atoms with Crippen molar-refractivity contribution in [3.63, 3.8) is 0 Å². The minimum absolute atomic E-state index is 0.0321. The van der Waals surface area contributed by atoms with Gasteiger partial charge in [0.1, 0.15) is 0 Å². The first kappa shape index (κ1) is 19.9. The molecule has 1 N–H and O–H groups in total. The number of rotatable bonds is 6. The fraction of sp³-hybridized carbons (Fsp3) is 0.286. The predicted molar refractivity (Wildman–Crippen MR) is 107 cm³/mol. The molecule has 1 aliphatic rings. The van der Waals surface area contributed by atoms with Crippen molar-refractivity contribution in [1.29, 1.82) is 0 Å². The molecular weight excluding hydrogens is 380 g/mol. The molecule has 0 aromatic heterocycles. The second kappa shape index (κ2) is 8.89. The summed E-state index contributed by atoms with van der Waals surface area (Å²) in [6.45, 7) is 1.78. The molecule has 2 aromatic carbocycles. The fourth-order valence-electron chi connectivity index (χ4n) is 3.16. The van der Waals surface area contributed by atoms with Gasteiger partial charge in [-0.3, -0.25) is 14.4 Å². The SMILES string of the molecule is CCc1ccccc1NC(=O)COC(=O)[C@H]1CC(=O)N(c2ccccc2Cl)C1. The van der Waals surface area contributed by atoms with Gasteiger partial charge in [-0.05, 0) is 30.2 Å². The average Bonchev–Trinajstić information content (AvgIpc) is 3.08. The Morgan fingerprint density at radius 2 is 1.89 bits per heavy atom. The number of nitrogens with one attached hydrogen (secondary N) is 1. The van der Waals surface area contributed by atoms with E-state index in [2.05, 4.69) is 5.32 Å². The second-order valence-electron chi connectivity index (χ2n) is 6.52. The lowest BCUT2D eigenvalue weighted by Crippen LogP contribution is -2.28. The van der Waals surface area contributed by atoms with Crippen molar-refractivity contribution >= 4 is 40.8 Å². The largest absolute Gasteiger partial charge is 0.455 e. The van der Waals surface area contributed by atoms with E-state index in [1.54, 1.807) is 30.3 Å². The van der Waals surface area contributed by atoms with Crippen LogP contribution in [0.1, 0.15) is 18.9 Å². The summed E-state index contributed by atoms with van der Waals surface area (Å²) in [4.78, 5) is 38.2. The zero-order valence-corrected chi connectivity index (χ0v) is 16.2. The molecule has 146 valence electrons. The number of esters is 1. The van der Waals surface area contributed by atoms with Crippen LogP contribution in [-0.4, -0.2) is 30.9 Å². The minimum Gasteiger partial charge on any atom is -0.455 e. The summed E-state index contributed by atoms with van der Waals surface area (Å²) >= 11 is 6.14. The van der Waals surface area contributed by atoms with Gasteiger partial charge in [-0.15, -0.1) is 0 Å². The smallest absolute Gasteiger partial charge is 0.311 e. The van der Waals surface area contributed by atoms with E-state index in [4.69, 9.17) is 16.3 Å². The average molecular weight is 401 g/mol. The molecule has 2 aromatic rings. The van der Waals surface area contributed by atoms with E-state index in [9.17, 15) is 14.4 Å². The van der Waals surface area contributed by atoms with Crippen LogP contribution in [0.3, 0.4) is 0 Å². The van der Waals surface area contributed by atoms with Crippen molar-refractivity contribution in [2.75, 3.05) is 23.4 Å². The van der Waals surface area contributed by atoms with Gasteiger partial charge in [-0.1, -0.05) is 48.9 Å². The van der Waals surface area contributed by atoms with E-state index in [0.717, 1.165) is 12.0 Å². The monoisotopic (exact) mass is 400 g/mol. The number of carbonyl (C=O) groups excluding carboxylic acids is 3. The zero-order chi connectivity index (χ0) is 20.1. The van der Waals surface area contributed by atoms with Crippen LogP contribution in [0.25, 0.3) is 0 Å². The molecule has 1 heterocycles. The highest BCUT2D eigenvalue weighted by Crippen LogP contribution is 2.31. The van der Waals surface area contributed by atoms with Gasteiger partial charge in [0.2, 0.25) is 5.91 Å². The zero-order valence-electron chi connectivity index (χ0n) is 15.5. The van der Waals surface area contributed by atoms with E-state index in [0.29, 0.717) is 16.4 Å². The highest BCUT2D eigenvalue weighted by atomic mass is 35.5. The number of aryl methyl sites for hydroxylation is 1. The molecule has 1 saturated heterocycles. The van der Waals surface area contributed by atoms with Crippen molar-refractivity contribution in [2.45, 2.75) is 19.8 Å². The topological polar surface area (TPSA) is 75.7 Å². The molecule has 2 amide bonds. The lowest BCUT2D eigenvalue weighted by molar-refractivity contribution is -0.151. The summed E-state index contributed by atoms with van der Waals surface area (Å²) in [5, 5.41) is 3.19. The summed E-state index contributed by atoms with van der Waals surface area (Å²) in [6, 6.07) is 14.4.